The van der Waals surface area contributed by atoms with E-state index in [1.54, 1.807) is 17.4 Å². The number of likely N-dealkylation sites (tertiary alicyclic amines) is 1. The molecule has 1 amide bonds. The van der Waals surface area contributed by atoms with Crippen molar-refractivity contribution in [1.82, 2.24) is 15.2 Å². The molecule has 1 aliphatic heterocycles. The number of hydrogen-bond donors (Lipinski definition) is 1. The molecule has 2 fully saturated rings. The maximum Gasteiger partial charge on any atom is 0.244 e. The van der Waals surface area contributed by atoms with Crippen molar-refractivity contribution in [2.24, 2.45) is 5.92 Å². The van der Waals surface area contributed by atoms with Gasteiger partial charge in [0.25, 0.3) is 0 Å². The van der Waals surface area contributed by atoms with Crippen LogP contribution in [0.3, 0.4) is 0 Å². The smallest absolute Gasteiger partial charge is 0.244 e. The van der Waals surface area contributed by atoms with Gasteiger partial charge in [-0.2, -0.15) is 0 Å². The van der Waals surface area contributed by atoms with E-state index in [0.29, 0.717) is 5.92 Å². The molecular formula is C18H27N3OS. The van der Waals surface area contributed by atoms with Crippen LogP contribution in [-0.2, 0) is 10.2 Å². The number of amides is 1. The zero-order chi connectivity index (χ0) is 16.4. The molecular weight excluding hydrogens is 306 g/mol. The zero-order valence-corrected chi connectivity index (χ0v) is 15.2. The molecule has 1 aliphatic carbocycles. The summed E-state index contributed by atoms with van der Waals surface area (Å²) >= 11 is 1.65. The van der Waals surface area contributed by atoms with Crippen LogP contribution in [0.4, 0.5) is 0 Å². The van der Waals surface area contributed by atoms with Crippen molar-refractivity contribution < 1.29 is 4.79 Å². The van der Waals surface area contributed by atoms with Crippen LogP contribution in [0.1, 0.15) is 49.9 Å². The van der Waals surface area contributed by atoms with E-state index in [1.165, 1.54) is 25.8 Å². The van der Waals surface area contributed by atoms with E-state index in [-0.39, 0.29) is 11.3 Å². The van der Waals surface area contributed by atoms with Gasteiger partial charge in [-0.05, 0) is 37.8 Å². The Morgan fingerprint density at radius 2 is 2.22 bits per heavy atom. The summed E-state index contributed by atoms with van der Waals surface area (Å²) < 4.78 is 0. The van der Waals surface area contributed by atoms with E-state index in [4.69, 9.17) is 0 Å². The Hall–Kier alpha value is -1.20. The van der Waals surface area contributed by atoms with Crippen LogP contribution in [0.2, 0.25) is 0 Å². The Labute approximate surface area is 143 Å². The number of nitrogens with one attached hydrogen (secondary N) is 1. The van der Waals surface area contributed by atoms with Gasteiger partial charge in [-0.3, -0.25) is 4.79 Å². The SMILES string of the molecule is CC(C)(C)c1ncc(/C=C\C(=O)NC[C@H]2CCN(C3CC3)C2)s1. The molecule has 0 bridgehead atoms. The molecule has 5 heteroatoms. The molecule has 0 spiro atoms. The lowest BCUT2D eigenvalue weighted by Crippen LogP contribution is -2.30. The molecule has 1 aromatic heterocycles. The van der Waals surface area contributed by atoms with Gasteiger partial charge in [-0.1, -0.05) is 20.8 Å². The first kappa shape index (κ1) is 16.7. The van der Waals surface area contributed by atoms with Crippen LogP contribution in [0.25, 0.3) is 6.08 Å². The van der Waals surface area contributed by atoms with E-state index >= 15 is 0 Å². The molecule has 2 heterocycles. The highest BCUT2D eigenvalue weighted by Crippen LogP contribution is 2.31. The quantitative estimate of drug-likeness (QED) is 0.843. The largest absolute Gasteiger partial charge is 0.352 e. The lowest BCUT2D eigenvalue weighted by Gasteiger charge is -2.14. The van der Waals surface area contributed by atoms with Crippen molar-refractivity contribution in [3.05, 3.63) is 22.2 Å². The first-order valence-electron chi connectivity index (χ1n) is 8.58. The standard InChI is InChI=1S/C18H27N3OS/c1-18(2,3)17-20-11-15(23-17)6-7-16(22)19-10-13-8-9-21(12-13)14-4-5-14/h6-7,11,13-14H,4-5,8-10,12H2,1-3H3,(H,19,22)/b7-6-/t13-/m1/s1. The number of aromatic nitrogens is 1. The van der Waals surface area contributed by atoms with Crippen LogP contribution in [0.5, 0.6) is 0 Å². The molecule has 1 saturated heterocycles. The summed E-state index contributed by atoms with van der Waals surface area (Å²) in [5, 5.41) is 4.14. The molecule has 2 aliphatic rings. The number of hydrogen-bond acceptors (Lipinski definition) is 4. The van der Waals surface area contributed by atoms with E-state index in [2.05, 4.69) is 36.0 Å². The van der Waals surface area contributed by atoms with E-state index in [9.17, 15) is 4.79 Å². The fourth-order valence-corrected chi connectivity index (χ4v) is 3.85. The average molecular weight is 334 g/mol. The summed E-state index contributed by atoms with van der Waals surface area (Å²) in [6, 6.07) is 0.846. The van der Waals surface area contributed by atoms with Crippen molar-refractivity contribution in [3.63, 3.8) is 0 Å². The summed E-state index contributed by atoms with van der Waals surface area (Å²) in [6.07, 6.45) is 9.30. The highest BCUT2D eigenvalue weighted by molar-refractivity contribution is 7.12. The average Bonchev–Trinajstić information content (AvgIpc) is 3.04. The maximum absolute atomic E-state index is 12.0. The second kappa shape index (κ2) is 6.73. The summed E-state index contributed by atoms with van der Waals surface area (Å²) in [5.41, 5.74) is 0.0644. The van der Waals surface area contributed by atoms with Gasteiger partial charge >= 0.3 is 0 Å². The van der Waals surface area contributed by atoms with Crippen LogP contribution in [0, 0.1) is 5.92 Å². The predicted octanol–water partition coefficient (Wildman–Crippen LogP) is 3.05. The van der Waals surface area contributed by atoms with Crippen LogP contribution < -0.4 is 5.32 Å². The summed E-state index contributed by atoms with van der Waals surface area (Å²) in [6.45, 7) is 9.61. The lowest BCUT2D eigenvalue weighted by atomic mass is 9.98. The monoisotopic (exact) mass is 333 g/mol. The molecule has 126 valence electrons. The van der Waals surface area contributed by atoms with E-state index in [1.807, 2.05) is 12.3 Å². The Morgan fingerprint density at radius 1 is 1.43 bits per heavy atom. The topological polar surface area (TPSA) is 45.2 Å². The van der Waals surface area contributed by atoms with Crippen molar-refractivity contribution >= 4 is 23.3 Å². The second-order valence-electron chi connectivity index (χ2n) is 7.78. The van der Waals surface area contributed by atoms with Crippen molar-refractivity contribution in [1.29, 1.82) is 0 Å². The molecule has 3 rings (SSSR count). The minimum absolute atomic E-state index is 0.000538. The van der Waals surface area contributed by atoms with Gasteiger partial charge in [0.1, 0.15) is 0 Å². The van der Waals surface area contributed by atoms with Gasteiger partial charge in [0, 0.05) is 41.7 Å². The predicted molar refractivity (Wildman–Crippen MR) is 95.6 cm³/mol. The number of nitrogens with zero attached hydrogens (tertiary/aromatic N) is 2. The minimum atomic E-state index is 0.000538. The van der Waals surface area contributed by atoms with E-state index in [0.717, 1.165) is 29.0 Å². The molecule has 0 radical (unpaired) electrons. The van der Waals surface area contributed by atoms with Crippen LogP contribution >= 0.6 is 11.3 Å². The maximum atomic E-state index is 12.0. The molecule has 4 nitrogen and oxygen atoms in total. The Kier molecular flexibility index (Phi) is 4.87. The molecule has 1 N–H and O–H groups in total. The van der Waals surface area contributed by atoms with Gasteiger partial charge in [0.15, 0.2) is 0 Å². The van der Waals surface area contributed by atoms with Gasteiger partial charge in [-0.15, -0.1) is 11.3 Å². The number of carbonyl (C=O) groups is 1. The lowest BCUT2D eigenvalue weighted by molar-refractivity contribution is -0.116. The van der Waals surface area contributed by atoms with Gasteiger partial charge in [0.05, 0.1) is 5.01 Å². The highest BCUT2D eigenvalue weighted by atomic mass is 32.1. The third kappa shape index (κ3) is 4.64. The fourth-order valence-electron chi connectivity index (χ4n) is 2.97. The van der Waals surface area contributed by atoms with Crippen molar-refractivity contribution in [2.45, 2.75) is 51.5 Å². The normalized spacial score (nSPS) is 22.8. The summed E-state index contributed by atoms with van der Waals surface area (Å²) in [4.78, 5) is 20.0. The molecule has 0 unspecified atom stereocenters. The number of carbonyl (C=O) groups excluding carboxylic acids is 1. The molecule has 1 aromatic rings. The number of thiazole rings is 1. The number of rotatable bonds is 5. The summed E-state index contributed by atoms with van der Waals surface area (Å²) in [7, 11) is 0. The Balaban J connectivity index is 1.43. The Bertz CT molecular complexity index is 583. The summed E-state index contributed by atoms with van der Waals surface area (Å²) in [5.74, 6) is 0.615. The second-order valence-corrected chi connectivity index (χ2v) is 8.84. The fraction of sp³-hybridized carbons (Fsp3) is 0.667. The van der Waals surface area contributed by atoms with Crippen LogP contribution in [0.15, 0.2) is 12.3 Å². The van der Waals surface area contributed by atoms with Crippen molar-refractivity contribution in [2.75, 3.05) is 19.6 Å². The highest BCUT2D eigenvalue weighted by Gasteiger charge is 2.34. The third-order valence-electron chi connectivity index (χ3n) is 4.51. The first-order valence-corrected chi connectivity index (χ1v) is 9.40. The van der Waals surface area contributed by atoms with Crippen molar-refractivity contribution in [3.8, 4) is 0 Å². The van der Waals surface area contributed by atoms with Crippen LogP contribution in [-0.4, -0.2) is 41.5 Å². The molecule has 0 aromatic carbocycles. The van der Waals surface area contributed by atoms with Gasteiger partial charge < -0.3 is 10.2 Å². The zero-order valence-electron chi connectivity index (χ0n) is 14.3. The molecule has 1 atom stereocenters. The third-order valence-corrected chi connectivity index (χ3v) is 5.90. The first-order chi connectivity index (χ1) is 10.9. The molecule has 1 saturated carbocycles. The van der Waals surface area contributed by atoms with Gasteiger partial charge in [-0.25, -0.2) is 4.98 Å². The molecule has 23 heavy (non-hydrogen) atoms. The van der Waals surface area contributed by atoms with E-state index < -0.39 is 0 Å². The minimum Gasteiger partial charge on any atom is -0.352 e. The Morgan fingerprint density at radius 3 is 2.87 bits per heavy atom. The van der Waals surface area contributed by atoms with Gasteiger partial charge in [0.2, 0.25) is 5.91 Å².